The second kappa shape index (κ2) is 9.43. The van der Waals surface area contributed by atoms with Gasteiger partial charge in [-0.2, -0.15) is 0 Å². The van der Waals surface area contributed by atoms with Gasteiger partial charge in [0.05, 0.1) is 29.0 Å². The Balaban J connectivity index is 1.55. The molecule has 2 aromatic carbocycles. The summed E-state index contributed by atoms with van der Waals surface area (Å²) in [7, 11) is 0. The molecule has 0 saturated carbocycles. The molecule has 2 aromatic heterocycles. The molecule has 1 aliphatic heterocycles. The van der Waals surface area contributed by atoms with Gasteiger partial charge in [0.2, 0.25) is 5.91 Å². The summed E-state index contributed by atoms with van der Waals surface area (Å²) < 4.78 is 7.55. The highest BCUT2D eigenvalue weighted by Crippen LogP contribution is 2.38. The summed E-state index contributed by atoms with van der Waals surface area (Å²) >= 11 is 8.83. The van der Waals surface area contributed by atoms with E-state index in [9.17, 15) is 9.59 Å². The minimum Gasteiger partial charge on any atom is -0.370 e. The molecule has 1 amide bonds. The van der Waals surface area contributed by atoms with Gasteiger partial charge in [0.15, 0.2) is 5.16 Å². The maximum atomic E-state index is 13.9. The van der Waals surface area contributed by atoms with E-state index in [0.717, 1.165) is 21.7 Å². The third kappa shape index (κ3) is 4.89. The van der Waals surface area contributed by atoms with Crippen LogP contribution >= 0.6 is 34.7 Å². The van der Waals surface area contributed by atoms with Crippen molar-refractivity contribution in [2.24, 2.45) is 0 Å². The van der Waals surface area contributed by atoms with E-state index >= 15 is 0 Å². The summed E-state index contributed by atoms with van der Waals surface area (Å²) in [5.74, 6) is -0.0527. The first-order valence-electron chi connectivity index (χ1n) is 11.2. The van der Waals surface area contributed by atoms with Gasteiger partial charge >= 0.3 is 0 Å². The molecule has 1 aliphatic rings. The van der Waals surface area contributed by atoms with Crippen LogP contribution in [0.5, 0.6) is 0 Å². The van der Waals surface area contributed by atoms with Gasteiger partial charge in [-0.3, -0.25) is 14.2 Å². The topological polar surface area (TPSA) is 73.2 Å². The fourth-order valence-electron chi connectivity index (χ4n) is 4.12. The van der Waals surface area contributed by atoms with Crippen LogP contribution < -0.4 is 10.9 Å². The molecule has 0 saturated heterocycles. The van der Waals surface area contributed by atoms with Crippen molar-refractivity contribution < 1.29 is 9.53 Å². The lowest BCUT2D eigenvalue weighted by Crippen LogP contribution is -2.32. The van der Waals surface area contributed by atoms with Crippen molar-refractivity contribution in [2.75, 3.05) is 11.1 Å². The number of amides is 1. The second-order valence-corrected chi connectivity index (χ2v) is 11.5. The number of nitrogens with one attached hydrogen (secondary N) is 1. The Bertz CT molecular complexity index is 1490. The number of hydrogen-bond acceptors (Lipinski definition) is 6. The number of thioether (sulfide) groups is 1. The van der Waals surface area contributed by atoms with Crippen LogP contribution in [0.2, 0.25) is 5.02 Å². The van der Waals surface area contributed by atoms with E-state index in [1.54, 1.807) is 28.8 Å². The Morgan fingerprint density at radius 1 is 1.23 bits per heavy atom. The van der Waals surface area contributed by atoms with Crippen molar-refractivity contribution in [2.45, 2.75) is 44.6 Å². The lowest BCUT2D eigenvalue weighted by Gasteiger charge is -2.29. The van der Waals surface area contributed by atoms with Gasteiger partial charge in [-0.1, -0.05) is 41.6 Å². The van der Waals surface area contributed by atoms with Crippen molar-refractivity contribution in [1.82, 2.24) is 9.55 Å². The molecule has 0 aliphatic carbocycles. The minimum atomic E-state index is -0.348. The molecular formula is C26H24ClN3O3S2. The molecule has 3 heterocycles. The van der Waals surface area contributed by atoms with Gasteiger partial charge in [-0.05, 0) is 62.2 Å². The molecule has 5 rings (SSSR count). The zero-order chi connectivity index (χ0) is 24.7. The molecule has 0 atom stereocenters. The standard InChI is InChI=1S/C26H24ClN3O3S2/c1-15-6-4-5-7-19(15)28-21(31)14-34-25-29-23-22(18-12-26(2,3)33-13-20(18)35-23)24(32)30(25)17-10-8-16(27)9-11-17/h4-11H,12-14H2,1-3H3,(H,28,31). The van der Waals surface area contributed by atoms with Crippen molar-refractivity contribution >= 4 is 56.5 Å². The van der Waals surface area contributed by atoms with Crippen LogP contribution in [0.3, 0.4) is 0 Å². The quantitative estimate of drug-likeness (QED) is 0.256. The number of para-hydroxylation sites is 1. The predicted octanol–water partition coefficient (Wildman–Crippen LogP) is 5.99. The van der Waals surface area contributed by atoms with E-state index < -0.39 is 0 Å². The number of fused-ring (bicyclic) bond motifs is 3. The molecule has 4 aromatic rings. The number of hydrogen-bond donors (Lipinski definition) is 1. The summed E-state index contributed by atoms with van der Waals surface area (Å²) in [6, 6.07) is 14.7. The van der Waals surface area contributed by atoms with Crippen LogP contribution in [0.25, 0.3) is 15.9 Å². The molecule has 0 spiro atoms. The summed E-state index contributed by atoms with van der Waals surface area (Å²) in [6.45, 7) is 6.47. The van der Waals surface area contributed by atoms with Crippen LogP contribution in [-0.4, -0.2) is 26.8 Å². The lowest BCUT2D eigenvalue weighted by molar-refractivity contribution is -0.113. The fraction of sp³-hybridized carbons (Fsp3) is 0.269. The normalized spacial score (nSPS) is 14.6. The number of benzene rings is 2. The zero-order valence-electron chi connectivity index (χ0n) is 19.6. The summed E-state index contributed by atoms with van der Waals surface area (Å²) in [5, 5.41) is 4.61. The van der Waals surface area contributed by atoms with Gasteiger partial charge in [-0.15, -0.1) is 11.3 Å². The zero-order valence-corrected chi connectivity index (χ0v) is 21.9. The first-order valence-corrected chi connectivity index (χ1v) is 13.4. The highest BCUT2D eigenvalue weighted by Gasteiger charge is 2.31. The Kier molecular flexibility index (Phi) is 6.48. The molecule has 0 bridgehead atoms. The lowest BCUT2D eigenvalue weighted by atomic mass is 9.94. The Morgan fingerprint density at radius 3 is 2.71 bits per heavy atom. The Labute approximate surface area is 216 Å². The molecule has 0 unspecified atom stereocenters. The number of halogens is 1. The number of anilines is 1. The maximum absolute atomic E-state index is 13.9. The number of thiophene rings is 1. The van der Waals surface area contributed by atoms with Crippen molar-refractivity contribution in [3.8, 4) is 5.69 Å². The molecular weight excluding hydrogens is 502 g/mol. The van der Waals surface area contributed by atoms with Gasteiger partial charge in [0.1, 0.15) is 4.83 Å². The molecule has 1 N–H and O–H groups in total. The third-order valence-corrected chi connectivity index (χ3v) is 8.20. The molecule has 6 nitrogen and oxygen atoms in total. The van der Waals surface area contributed by atoms with E-state index in [1.165, 1.54) is 23.1 Å². The molecule has 35 heavy (non-hydrogen) atoms. The van der Waals surface area contributed by atoms with Gasteiger partial charge in [0, 0.05) is 22.0 Å². The van der Waals surface area contributed by atoms with Crippen LogP contribution in [0.4, 0.5) is 5.69 Å². The summed E-state index contributed by atoms with van der Waals surface area (Å²) in [5.41, 5.74) is 2.93. The first kappa shape index (κ1) is 24.1. The van der Waals surface area contributed by atoms with Crippen LogP contribution in [0.1, 0.15) is 29.9 Å². The Hall–Kier alpha value is -2.65. The number of carbonyl (C=O) groups is 1. The van der Waals surface area contributed by atoms with Gasteiger partial charge in [0.25, 0.3) is 5.56 Å². The van der Waals surface area contributed by atoms with E-state index in [1.807, 2.05) is 45.0 Å². The maximum Gasteiger partial charge on any atom is 0.267 e. The average molecular weight is 526 g/mol. The van der Waals surface area contributed by atoms with Crippen molar-refractivity contribution in [1.29, 1.82) is 0 Å². The van der Waals surface area contributed by atoms with E-state index in [0.29, 0.717) is 39.1 Å². The molecule has 180 valence electrons. The summed E-state index contributed by atoms with van der Waals surface area (Å²) in [6.07, 6.45) is 0.644. The van der Waals surface area contributed by atoms with Crippen molar-refractivity contribution in [3.05, 3.63) is 79.9 Å². The van der Waals surface area contributed by atoms with E-state index in [-0.39, 0.29) is 22.8 Å². The highest BCUT2D eigenvalue weighted by atomic mass is 35.5. The first-order chi connectivity index (χ1) is 16.7. The van der Waals surface area contributed by atoms with Crippen LogP contribution in [0.15, 0.2) is 58.5 Å². The van der Waals surface area contributed by atoms with Crippen LogP contribution in [0, 0.1) is 6.92 Å². The Morgan fingerprint density at radius 2 is 1.97 bits per heavy atom. The number of aromatic nitrogens is 2. The molecule has 9 heteroatoms. The van der Waals surface area contributed by atoms with E-state index in [2.05, 4.69) is 5.32 Å². The third-order valence-electron chi connectivity index (χ3n) is 5.91. The number of carbonyl (C=O) groups excluding carboxylic acids is 1. The van der Waals surface area contributed by atoms with E-state index in [4.69, 9.17) is 21.3 Å². The van der Waals surface area contributed by atoms with Crippen LogP contribution in [-0.2, 0) is 22.6 Å². The summed E-state index contributed by atoms with van der Waals surface area (Å²) in [4.78, 5) is 33.2. The molecule has 0 radical (unpaired) electrons. The van der Waals surface area contributed by atoms with Crippen molar-refractivity contribution in [3.63, 3.8) is 0 Å². The number of aryl methyl sites for hydroxylation is 1. The smallest absolute Gasteiger partial charge is 0.267 e. The number of ether oxygens (including phenoxy) is 1. The largest absolute Gasteiger partial charge is 0.370 e. The second-order valence-electron chi connectivity index (χ2n) is 9.07. The predicted molar refractivity (Wildman–Crippen MR) is 143 cm³/mol. The SMILES string of the molecule is Cc1ccccc1NC(=O)CSc1nc2sc3c(c2c(=O)n1-c1ccc(Cl)cc1)CC(C)(C)OC3. The highest BCUT2D eigenvalue weighted by molar-refractivity contribution is 7.99. The number of nitrogens with zero attached hydrogens (tertiary/aromatic N) is 2. The van der Waals surface area contributed by atoms with Gasteiger partial charge < -0.3 is 10.1 Å². The monoisotopic (exact) mass is 525 g/mol. The fourth-order valence-corrected chi connectivity index (χ4v) is 6.20. The average Bonchev–Trinajstić information content (AvgIpc) is 3.17. The molecule has 0 fully saturated rings. The number of rotatable bonds is 5. The minimum absolute atomic E-state index is 0.112. The van der Waals surface area contributed by atoms with Gasteiger partial charge in [-0.25, -0.2) is 4.98 Å².